The van der Waals surface area contributed by atoms with Crippen molar-refractivity contribution in [3.8, 4) is 0 Å². The maximum atomic E-state index is 13.4. The number of nitrogens with one attached hydrogen (secondary N) is 1. The predicted molar refractivity (Wildman–Crippen MR) is 84.1 cm³/mol. The van der Waals surface area contributed by atoms with E-state index in [9.17, 15) is 14.0 Å². The topological polar surface area (TPSA) is 95.7 Å². The van der Waals surface area contributed by atoms with E-state index in [2.05, 4.69) is 10.5 Å². The van der Waals surface area contributed by atoms with Gasteiger partial charge in [0.05, 0.1) is 11.6 Å². The van der Waals surface area contributed by atoms with Crippen LogP contribution in [0.25, 0.3) is 0 Å². The summed E-state index contributed by atoms with van der Waals surface area (Å²) in [4.78, 5) is 26.3. The molecule has 0 saturated carbocycles. The van der Waals surface area contributed by atoms with Crippen molar-refractivity contribution in [2.45, 2.75) is 24.9 Å². The molecule has 1 saturated heterocycles. The normalized spacial score (nSPS) is 20.0. The predicted octanol–water partition coefficient (Wildman–Crippen LogP) is 1.36. The van der Waals surface area contributed by atoms with Crippen LogP contribution in [0.15, 0.2) is 28.8 Å². The number of benzene rings is 1. The molecule has 1 aromatic heterocycles. The first kappa shape index (κ1) is 15.8. The van der Waals surface area contributed by atoms with Crippen LogP contribution in [0.1, 0.15) is 35.3 Å². The molecule has 2 N–H and O–H groups in total. The minimum Gasteiger partial charge on any atom is -0.388 e. The van der Waals surface area contributed by atoms with Gasteiger partial charge in [-0.3, -0.25) is 9.59 Å². The lowest BCUT2D eigenvalue weighted by Gasteiger charge is -2.41. The highest BCUT2D eigenvalue weighted by Crippen LogP contribution is 2.37. The van der Waals surface area contributed by atoms with E-state index in [1.807, 2.05) is 0 Å². The van der Waals surface area contributed by atoms with Crippen molar-refractivity contribution in [1.82, 2.24) is 10.1 Å². The molecule has 1 aromatic carbocycles. The Morgan fingerprint density at radius 3 is 2.92 bits per heavy atom. The number of likely N-dealkylation sites (tertiary alicyclic amines) is 1. The second kappa shape index (κ2) is 5.96. The van der Waals surface area contributed by atoms with Crippen molar-refractivity contribution >= 4 is 17.5 Å². The first-order chi connectivity index (χ1) is 12.0. The number of fused-ring (bicyclic) bond motifs is 1. The number of nitrogens with zero attached hydrogens (tertiary/aromatic N) is 2. The molecule has 1 unspecified atom stereocenters. The van der Waals surface area contributed by atoms with E-state index in [0.29, 0.717) is 35.8 Å². The fraction of sp³-hybridized carbons (Fsp3) is 0.353. The molecule has 0 spiro atoms. The fourth-order valence-electron chi connectivity index (χ4n) is 3.32. The van der Waals surface area contributed by atoms with Crippen LogP contribution in [0, 0.1) is 5.82 Å². The minimum absolute atomic E-state index is 0.0528. The second-order valence-corrected chi connectivity index (χ2v) is 6.35. The van der Waals surface area contributed by atoms with Crippen molar-refractivity contribution in [1.29, 1.82) is 0 Å². The third-order valence-electron chi connectivity index (χ3n) is 4.70. The Morgan fingerprint density at radius 2 is 2.20 bits per heavy atom. The number of amides is 2. The molecule has 7 nitrogen and oxygen atoms in total. The van der Waals surface area contributed by atoms with Crippen LogP contribution in [0.3, 0.4) is 0 Å². The number of aliphatic hydroxyl groups excluding tert-OH is 1. The van der Waals surface area contributed by atoms with Crippen molar-refractivity contribution in [2.24, 2.45) is 0 Å². The van der Waals surface area contributed by atoms with E-state index in [1.54, 1.807) is 17.0 Å². The molecule has 2 amide bonds. The smallest absolute Gasteiger partial charge is 0.230 e. The van der Waals surface area contributed by atoms with Crippen LogP contribution in [0.4, 0.5) is 10.1 Å². The molecule has 1 atom stereocenters. The van der Waals surface area contributed by atoms with Crippen molar-refractivity contribution in [3.63, 3.8) is 0 Å². The van der Waals surface area contributed by atoms with Gasteiger partial charge in [-0.25, -0.2) is 4.39 Å². The molecule has 3 heterocycles. The molecule has 4 rings (SSSR count). The molecular formula is C17H16FN3O4. The van der Waals surface area contributed by atoms with Gasteiger partial charge in [-0.15, -0.1) is 0 Å². The number of carbonyl (C=O) groups excluding carboxylic acids is 2. The highest BCUT2D eigenvalue weighted by Gasteiger charge is 2.40. The molecule has 130 valence electrons. The number of hydrogen-bond donors (Lipinski definition) is 2. The van der Waals surface area contributed by atoms with Gasteiger partial charge in [0.25, 0.3) is 0 Å². The van der Waals surface area contributed by atoms with Crippen LogP contribution in [0.2, 0.25) is 0 Å². The first-order valence-corrected chi connectivity index (χ1v) is 7.99. The number of hydrogen-bond acceptors (Lipinski definition) is 5. The zero-order valence-corrected chi connectivity index (χ0v) is 13.2. The summed E-state index contributed by atoms with van der Waals surface area (Å²) in [6, 6.07) is 5.76. The third-order valence-corrected chi connectivity index (χ3v) is 4.70. The molecule has 2 aliphatic rings. The Bertz CT molecular complexity index is 844. The lowest BCUT2D eigenvalue weighted by Crippen LogP contribution is -2.51. The van der Waals surface area contributed by atoms with E-state index in [4.69, 9.17) is 9.63 Å². The van der Waals surface area contributed by atoms with Gasteiger partial charge in [-0.05, 0) is 17.7 Å². The minimum atomic E-state index is -0.601. The second-order valence-electron chi connectivity index (χ2n) is 6.35. The number of carbonyl (C=O) groups is 2. The van der Waals surface area contributed by atoms with Gasteiger partial charge >= 0.3 is 0 Å². The molecule has 0 radical (unpaired) electrons. The van der Waals surface area contributed by atoms with Gasteiger partial charge in [-0.2, -0.15) is 0 Å². The van der Waals surface area contributed by atoms with E-state index in [0.717, 1.165) is 0 Å². The van der Waals surface area contributed by atoms with Crippen LogP contribution < -0.4 is 5.32 Å². The molecule has 25 heavy (non-hydrogen) atoms. The lowest BCUT2D eigenvalue weighted by atomic mass is 9.86. The number of halogens is 1. The van der Waals surface area contributed by atoms with Crippen molar-refractivity contribution < 1.29 is 23.6 Å². The Kier molecular flexibility index (Phi) is 3.76. The van der Waals surface area contributed by atoms with Crippen LogP contribution in [-0.2, 0) is 16.2 Å². The summed E-state index contributed by atoms with van der Waals surface area (Å²) in [7, 11) is 0. The summed E-state index contributed by atoms with van der Waals surface area (Å²) in [5.41, 5.74) is 1.70. The van der Waals surface area contributed by atoms with Crippen molar-refractivity contribution in [3.05, 3.63) is 47.1 Å². The maximum absolute atomic E-state index is 13.4. The highest BCUT2D eigenvalue weighted by atomic mass is 19.1. The third kappa shape index (κ3) is 2.78. The largest absolute Gasteiger partial charge is 0.388 e. The number of aromatic nitrogens is 1. The Labute approximate surface area is 142 Å². The number of aliphatic hydroxyl groups is 1. The summed E-state index contributed by atoms with van der Waals surface area (Å²) < 4.78 is 18.3. The molecular weight excluding hydrogens is 329 g/mol. The summed E-state index contributed by atoms with van der Waals surface area (Å²) in [6.45, 7) is 0.739. The van der Waals surface area contributed by atoms with Crippen LogP contribution in [0.5, 0.6) is 0 Å². The summed E-state index contributed by atoms with van der Waals surface area (Å²) >= 11 is 0. The van der Waals surface area contributed by atoms with Gasteiger partial charge in [0, 0.05) is 37.2 Å². The zero-order valence-electron chi connectivity index (χ0n) is 13.2. The van der Waals surface area contributed by atoms with Gasteiger partial charge in [0.2, 0.25) is 11.8 Å². The Hall–Kier alpha value is -2.74. The SMILES string of the molecule is O=C1CC(C(=O)N2CC(c3cc(CO)on3)C2)c2ccc(F)cc2N1. The highest BCUT2D eigenvalue weighted by molar-refractivity contribution is 6.01. The van der Waals surface area contributed by atoms with Gasteiger partial charge in [0.15, 0.2) is 5.76 Å². The number of rotatable bonds is 3. The Balaban J connectivity index is 1.48. The molecule has 2 aromatic rings. The quantitative estimate of drug-likeness (QED) is 0.876. The average molecular weight is 345 g/mol. The summed E-state index contributed by atoms with van der Waals surface area (Å²) in [5, 5.41) is 15.5. The maximum Gasteiger partial charge on any atom is 0.230 e. The van der Waals surface area contributed by atoms with E-state index in [1.165, 1.54) is 12.1 Å². The van der Waals surface area contributed by atoms with Gasteiger partial charge in [-0.1, -0.05) is 11.2 Å². The molecule has 2 aliphatic heterocycles. The average Bonchev–Trinajstić information content (AvgIpc) is 3.00. The number of anilines is 1. The monoisotopic (exact) mass is 345 g/mol. The lowest BCUT2D eigenvalue weighted by molar-refractivity contribution is -0.139. The molecule has 8 heteroatoms. The fourth-order valence-corrected chi connectivity index (χ4v) is 3.32. The standard InChI is InChI=1S/C17H16FN3O4/c18-10-1-2-12-13(5-16(23)19-15(12)3-10)17(24)21-6-9(7-21)14-4-11(8-22)25-20-14/h1-4,9,13,22H,5-8H2,(H,19,23). The van der Waals surface area contributed by atoms with Crippen LogP contribution in [-0.4, -0.2) is 40.1 Å². The van der Waals surface area contributed by atoms with Crippen molar-refractivity contribution in [2.75, 3.05) is 18.4 Å². The Morgan fingerprint density at radius 1 is 1.40 bits per heavy atom. The van der Waals surface area contributed by atoms with Crippen LogP contribution >= 0.6 is 0 Å². The van der Waals surface area contributed by atoms with Gasteiger partial charge in [0.1, 0.15) is 12.4 Å². The zero-order chi connectivity index (χ0) is 17.6. The molecule has 0 aliphatic carbocycles. The van der Waals surface area contributed by atoms with E-state index < -0.39 is 11.7 Å². The van der Waals surface area contributed by atoms with Gasteiger partial charge < -0.3 is 19.8 Å². The molecule has 1 fully saturated rings. The van der Waals surface area contributed by atoms with E-state index >= 15 is 0 Å². The summed E-state index contributed by atoms with van der Waals surface area (Å²) in [6.07, 6.45) is 0.0528. The van der Waals surface area contributed by atoms with E-state index in [-0.39, 0.29) is 30.8 Å². The molecule has 0 bridgehead atoms. The summed E-state index contributed by atoms with van der Waals surface area (Å²) in [5.74, 6) is -1.06. The first-order valence-electron chi connectivity index (χ1n) is 7.99.